The second-order valence-corrected chi connectivity index (χ2v) is 7.19. The molecule has 0 saturated heterocycles. The van der Waals surface area contributed by atoms with Crippen molar-refractivity contribution in [3.8, 4) is 11.8 Å². The standard InChI is InChI=1S/C23H29N3/c1-6-17(2)21(25(4)20-13-9-7-11-18(20)3)15-16-23-24-19-12-8-10-14-22(19)26(23)5/h7-14,17,21,23-24H,6H2,1-5H3/t17-,21?,23?/m1/s1. The van der Waals surface area contributed by atoms with Crippen molar-refractivity contribution in [2.75, 3.05) is 29.2 Å². The van der Waals surface area contributed by atoms with Gasteiger partial charge in [-0.25, -0.2) is 0 Å². The normalized spacial score (nSPS) is 17.6. The lowest BCUT2D eigenvalue weighted by molar-refractivity contribution is 0.496. The van der Waals surface area contributed by atoms with E-state index in [1.807, 2.05) is 0 Å². The Labute approximate surface area is 158 Å². The molecule has 136 valence electrons. The first kappa shape index (κ1) is 18.2. The summed E-state index contributed by atoms with van der Waals surface area (Å²) in [6, 6.07) is 17.1. The van der Waals surface area contributed by atoms with Crippen LogP contribution < -0.4 is 15.1 Å². The summed E-state index contributed by atoms with van der Waals surface area (Å²) in [6.45, 7) is 6.69. The summed E-state index contributed by atoms with van der Waals surface area (Å²) >= 11 is 0. The molecule has 3 nitrogen and oxygen atoms in total. The van der Waals surface area contributed by atoms with E-state index < -0.39 is 0 Å². The Kier molecular flexibility index (Phi) is 5.42. The molecule has 1 aliphatic rings. The van der Waals surface area contributed by atoms with Gasteiger partial charge in [-0.05, 0) is 36.6 Å². The summed E-state index contributed by atoms with van der Waals surface area (Å²) in [7, 11) is 4.26. The van der Waals surface area contributed by atoms with Crippen molar-refractivity contribution in [1.82, 2.24) is 0 Å². The van der Waals surface area contributed by atoms with Crippen LogP contribution in [-0.2, 0) is 0 Å². The zero-order chi connectivity index (χ0) is 18.7. The van der Waals surface area contributed by atoms with Gasteiger partial charge in [-0.2, -0.15) is 0 Å². The number of hydrogen-bond donors (Lipinski definition) is 1. The number of anilines is 3. The first-order chi connectivity index (χ1) is 12.5. The minimum absolute atomic E-state index is 0.0178. The van der Waals surface area contributed by atoms with Crippen molar-refractivity contribution < 1.29 is 0 Å². The van der Waals surface area contributed by atoms with Crippen molar-refractivity contribution in [3.63, 3.8) is 0 Å². The summed E-state index contributed by atoms with van der Waals surface area (Å²) in [5.74, 6) is 7.55. The van der Waals surface area contributed by atoms with E-state index in [4.69, 9.17) is 0 Å². The van der Waals surface area contributed by atoms with Crippen LogP contribution in [0.4, 0.5) is 17.1 Å². The van der Waals surface area contributed by atoms with E-state index in [0.29, 0.717) is 5.92 Å². The number of nitrogens with one attached hydrogen (secondary N) is 1. The molecule has 0 amide bonds. The molecule has 1 N–H and O–H groups in total. The van der Waals surface area contributed by atoms with Gasteiger partial charge in [-0.15, -0.1) is 0 Å². The fraction of sp³-hybridized carbons (Fsp3) is 0.391. The zero-order valence-corrected chi connectivity index (χ0v) is 16.5. The average Bonchev–Trinajstić information content (AvgIpc) is 2.98. The summed E-state index contributed by atoms with van der Waals surface area (Å²) in [5.41, 5.74) is 4.90. The third-order valence-corrected chi connectivity index (χ3v) is 5.43. The summed E-state index contributed by atoms with van der Waals surface area (Å²) < 4.78 is 0. The molecule has 2 aromatic rings. The molecule has 0 spiro atoms. The maximum Gasteiger partial charge on any atom is 0.163 e. The predicted molar refractivity (Wildman–Crippen MR) is 113 cm³/mol. The molecule has 1 heterocycles. The first-order valence-corrected chi connectivity index (χ1v) is 9.40. The highest BCUT2D eigenvalue weighted by molar-refractivity contribution is 5.77. The van der Waals surface area contributed by atoms with E-state index in [2.05, 4.69) is 110 Å². The van der Waals surface area contributed by atoms with Crippen LogP contribution in [0.15, 0.2) is 48.5 Å². The van der Waals surface area contributed by atoms with Crippen LogP contribution in [0.3, 0.4) is 0 Å². The number of rotatable bonds is 4. The average molecular weight is 348 g/mol. The summed E-state index contributed by atoms with van der Waals surface area (Å²) in [4.78, 5) is 4.54. The number of nitrogens with zero attached hydrogens (tertiary/aromatic N) is 2. The highest BCUT2D eigenvalue weighted by atomic mass is 15.3. The fourth-order valence-corrected chi connectivity index (χ4v) is 3.54. The number of aryl methyl sites for hydroxylation is 1. The zero-order valence-electron chi connectivity index (χ0n) is 16.5. The molecule has 3 heteroatoms. The molecule has 3 atom stereocenters. The molecule has 0 aliphatic carbocycles. The molecule has 2 unspecified atom stereocenters. The second kappa shape index (κ2) is 7.74. The summed E-state index contributed by atoms with van der Waals surface area (Å²) in [5, 5.41) is 3.52. The van der Waals surface area contributed by atoms with Crippen molar-refractivity contribution in [2.45, 2.75) is 39.4 Å². The number of fused-ring (bicyclic) bond motifs is 1. The molecule has 0 bridgehead atoms. The van der Waals surface area contributed by atoms with Gasteiger partial charge in [0.25, 0.3) is 0 Å². The van der Waals surface area contributed by atoms with Gasteiger partial charge in [0.05, 0.1) is 17.4 Å². The van der Waals surface area contributed by atoms with Crippen LogP contribution >= 0.6 is 0 Å². The smallest absolute Gasteiger partial charge is 0.163 e. The largest absolute Gasteiger partial charge is 0.360 e. The molecule has 3 rings (SSSR count). The lowest BCUT2D eigenvalue weighted by atomic mass is 9.97. The van der Waals surface area contributed by atoms with Gasteiger partial charge in [-0.1, -0.05) is 62.4 Å². The van der Waals surface area contributed by atoms with Gasteiger partial charge in [-0.3, -0.25) is 0 Å². The quantitative estimate of drug-likeness (QED) is 0.806. The molecule has 1 aliphatic heterocycles. The SMILES string of the molecule is CC[C@@H](C)C(C#CC1Nc2ccccc2N1C)N(C)c1ccccc1C. The molecule has 0 aromatic heterocycles. The Morgan fingerprint density at radius 1 is 1.15 bits per heavy atom. The van der Waals surface area contributed by atoms with Gasteiger partial charge >= 0.3 is 0 Å². The van der Waals surface area contributed by atoms with Crippen LogP contribution in [0.5, 0.6) is 0 Å². The molecular weight excluding hydrogens is 318 g/mol. The van der Waals surface area contributed by atoms with Crippen LogP contribution in [0.1, 0.15) is 25.8 Å². The highest BCUT2D eigenvalue weighted by Crippen LogP contribution is 2.32. The Morgan fingerprint density at radius 3 is 2.54 bits per heavy atom. The van der Waals surface area contributed by atoms with Gasteiger partial charge in [0, 0.05) is 19.8 Å². The summed E-state index contributed by atoms with van der Waals surface area (Å²) in [6.07, 6.45) is 1.12. The second-order valence-electron chi connectivity index (χ2n) is 7.19. The number of hydrogen-bond acceptors (Lipinski definition) is 3. The third kappa shape index (κ3) is 3.51. The van der Waals surface area contributed by atoms with E-state index in [0.717, 1.165) is 12.1 Å². The van der Waals surface area contributed by atoms with Crippen molar-refractivity contribution in [1.29, 1.82) is 0 Å². The Hall–Kier alpha value is -2.60. The van der Waals surface area contributed by atoms with Gasteiger partial charge in [0.2, 0.25) is 0 Å². The third-order valence-electron chi connectivity index (χ3n) is 5.43. The van der Waals surface area contributed by atoms with E-state index in [9.17, 15) is 0 Å². The molecule has 0 fully saturated rings. The molecular formula is C23H29N3. The topological polar surface area (TPSA) is 18.5 Å². The Bertz CT molecular complexity index is 817. The maximum absolute atomic E-state index is 3.57. The Balaban J connectivity index is 1.85. The van der Waals surface area contributed by atoms with E-state index in [1.165, 1.54) is 16.9 Å². The van der Waals surface area contributed by atoms with Crippen LogP contribution in [0.2, 0.25) is 0 Å². The lowest BCUT2D eigenvalue weighted by Crippen LogP contribution is -2.37. The van der Waals surface area contributed by atoms with Gasteiger partial charge in [0.1, 0.15) is 0 Å². The Morgan fingerprint density at radius 2 is 1.85 bits per heavy atom. The van der Waals surface area contributed by atoms with E-state index in [1.54, 1.807) is 0 Å². The number of para-hydroxylation sites is 3. The van der Waals surface area contributed by atoms with E-state index in [-0.39, 0.29) is 12.2 Å². The maximum atomic E-state index is 3.57. The first-order valence-electron chi connectivity index (χ1n) is 9.40. The molecule has 2 aromatic carbocycles. The minimum Gasteiger partial charge on any atom is -0.360 e. The minimum atomic E-state index is 0.0178. The monoisotopic (exact) mass is 347 g/mol. The van der Waals surface area contributed by atoms with Crippen LogP contribution in [0, 0.1) is 24.7 Å². The van der Waals surface area contributed by atoms with Gasteiger partial charge < -0.3 is 15.1 Å². The lowest BCUT2D eigenvalue weighted by Gasteiger charge is -2.31. The van der Waals surface area contributed by atoms with E-state index >= 15 is 0 Å². The molecule has 0 radical (unpaired) electrons. The highest BCUT2D eigenvalue weighted by Gasteiger charge is 2.25. The van der Waals surface area contributed by atoms with Crippen molar-refractivity contribution in [2.24, 2.45) is 5.92 Å². The predicted octanol–water partition coefficient (Wildman–Crippen LogP) is 4.74. The van der Waals surface area contributed by atoms with Crippen molar-refractivity contribution >= 4 is 17.1 Å². The van der Waals surface area contributed by atoms with Crippen LogP contribution in [0.25, 0.3) is 0 Å². The van der Waals surface area contributed by atoms with Crippen molar-refractivity contribution in [3.05, 3.63) is 54.1 Å². The number of benzene rings is 2. The molecule has 26 heavy (non-hydrogen) atoms. The van der Waals surface area contributed by atoms with Crippen LogP contribution in [-0.4, -0.2) is 26.3 Å². The van der Waals surface area contributed by atoms with Gasteiger partial charge in [0.15, 0.2) is 6.17 Å². The fourth-order valence-electron chi connectivity index (χ4n) is 3.54. The molecule has 0 saturated carbocycles.